The largest absolute Gasteiger partial charge is 0.505 e. The predicted octanol–water partition coefficient (Wildman–Crippen LogP) is 6.68. The summed E-state index contributed by atoms with van der Waals surface area (Å²) in [6.07, 6.45) is 4.66. The van der Waals surface area contributed by atoms with Crippen LogP contribution in [0.1, 0.15) is 18.1 Å². The maximum atomic E-state index is 10.0. The van der Waals surface area contributed by atoms with Gasteiger partial charge in [0.2, 0.25) is 0 Å². The fourth-order valence-corrected chi connectivity index (χ4v) is 5.15. The maximum Gasteiger partial charge on any atom is 0.152 e. The Kier molecular flexibility index (Phi) is 6.93. The van der Waals surface area contributed by atoms with Crippen molar-refractivity contribution in [3.63, 3.8) is 0 Å². The number of nitrogens with one attached hydrogen (secondary N) is 1. The van der Waals surface area contributed by atoms with Crippen molar-refractivity contribution in [3.8, 4) is 16.9 Å². The molecule has 0 amide bonds. The zero-order chi connectivity index (χ0) is 25.4. The minimum atomic E-state index is -0.106. The lowest BCUT2D eigenvalue weighted by atomic mass is 9.96. The molecule has 8 heteroatoms. The lowest BCUT2D eigenvalue weighted by Gasteiger charge is -2.33. The molecule has 1 aliphatic heterocycles. The van der Waals surface area contributed by atoms with Crippen molar-refractivity contribution >= 4 is 51.3 Å². The van der Waals surface area contributed by atoms with Gasteiger partial charge >= 0.3 is 0 Å². The van der Waals surface area contributed by atoms with Crippen LogP contribution < -0.4 is 10.2 Å². The molecule has 4 aromatic rings. The number of phenolic OH excluding ortho intramolecular Hbond substituents is 1. The number of hydrogen-bond donors (Lipinski definition) is 2. The van der Waals surface area contributed by atoms with E-state index in [0.717, 1.165) is 82.9 Å². The number of pyridine rings is 2. The molecule has 186 valence electrons. The monoisotopic (exact) mass is 521 g/mol. The molecule has 36 heavy (non-hydrogen) atoms. The summed E-state index contributed by atoms with van der Waals surface area (Å²) in [6.45, 7) is 8.22. The minimum absolute atomic E-state index is 0.106. The Morgan fingerprint density at radius 1 is 0.972 bits per heavy atom. The third-order valence-electron chi connectivity index (χ3n) is 6.85. The van der Waals surface area contributed by atoms with Crippen LogP contribution in [0.25, 0.3) is 22.0 Å². The quantitative estimate of drug-likeness (QED) is 0.305. The number of anilines is 3. The molecule has 1 saturated heterocycles. The van der Waals surface area contributed by atoms with E-state index in [-0.39, 0.29) is 15.8 Å². The molecule has 6 nitrogen and oxygen atoms in total. The number of rotatable bonds is 5. The number of benzene rings is 2. The van der Waals surface area contributed by atoms with Crippen LogP contribution in [0, 0.1) is 6.92 Å². The highest BCUT2D eigenvalue weighted by atomic mass is 35.5. The number of phenols is 1. The molecule has 0 unspecified atom stereocenters. The van der Waals surface area contributed by atoms with Crippen molar-refractivity contribution in [2.75, 3.05) is 43.4 Å². The van der Waals surface area contributed by atoms with Gasteiger partial charge < -0.3 is 20.2 Å². The highest BCUT2D eigenvalue weighted by Gasteiger charge is 2.17. The number of halogens is 2. The molecule has 3 heterocycles. The fraction of sp³-hybridized carbons (Fsp3) is 0.286. The van der Waals surface area contributed by atoms with Gasteiger partial charge in [0.05, 0.1) is 33.1 Å². The van der Waals surface area contributed by atoms with Crippen LogP contribution in [-0.2, 0) is 6.42 Å². The lowest BCUT2D eigenvalue weighted by Crippen LogP contribution is -2.44. The summed E-state index contributed by atoms with van der Waals surface area (Å²) < 4.78 is 0. The number of aromatic hydroxyl groups is 1. The van der Waals surface area contributed by atoms with Crippen molar-refractivity contribution in [2.24, 2.45) is 0 Å². The van der Waals surface area contributed by atoms with Gasteiger partial charge in [0.15, 0.2) is 5.75 Å². The Morgan fingerprint density at radius 3 is 2.33 bits per heavy atom. The Hall–Kier alpha value is -3.06. The van der Waals surface area contributed by atoms with Crippen molar-refractivity contribution < 1.29 is 5.11 Å². The molecule has 2 aromatic heterocycles. The standard InChI is InChI=1S/C28H29Cl2N5O/c1-4-18-15-31-25-11-17(2)21(19-12-23(29)28(36)24(30)13-19)14-22(25)27(18)33-20-5-6-26(32-16-20)35-9-7-34(3)8-10-35/h5-6,11-16,36H,4,7-10H2,1-3H3,(H,31,33). The van der Waals surface area contributed by atoms with Crippen LogP contribution in [0.3, 0.4) is 0 Å². The summed E-state index contributed by atoms with van der Waals surface area (Å²) in [7, 11) is 2.15. The molecule has 5 rings (SSSR count). The molecule has 0 aliphatic carbocycles. The number of piperazine rings is 1. The van der Waals surface area contributed by atoms with Crippen molar-refractivity contribution in [2.45, 2.75) is 20.3 Å². The van der Waals surface area contributed by atoms with E-state index in [9.17, 15) is 5.11 Å². The van der Waals surface area contributed by atoms with Crippen molar-refractivity contribution in [1.82, 2.24) is 14.9 Å². The second-order valence-electron chi connectivity index (χ2n) is 9.31. The van der Waals surface area contributed by atoms with E-state index in [0.29, 0.717) is 0 Å². The number of fused-ring (bicyclic) bond motifs is 1. The predicted molar refractivity (Wildman–Crippen MR) is 150 cm³/mol. The summed E-state index contributed by atoms with van der Waals surface area (Å²) in [5.41, 5.74) is 6.81. The van der Waals surface area contributed by atoms with E-state index in [1.807, 2.05) is 19.3 Å². The Balaban J connectivity index is 1.53. The normalized spacial score (nSPS) is 14.4. The third-order valence-corrected chi connectivity index (χ3v) is 7.42. The molecule has 2 N–H and O–H groups in total. The first-order valence-electron chi connectivity index (χ1n) is 12.1. The zero-order valence-corrected chi connectivity index (χ0v) is 22.2. The SMILES string of the molecule is CCc1cnc2cc(C)c(-c3cc(Cl)c(O)c(Cl)c3)cc2c1Nc1ccc(N2CCN(C)CC2)nc1. The molecule has 0 atom stereocenters. The van der Waals surface area contributed by atoms with Crippen LogP contribution >= 0.6 is 23.2 Å². The fourth-order valence-electron chi connectivity index (χ4n) is 4.66. The molecule has 1 fully saturated rings. The second-order valence-corrected chi connectivity index (χ2v) is 10.1. The highest BCUT2D eigenvalue weighted by molar-refractivity contribution is 6.37. The number of likely N-dealkylation sites (N-methyl/N-ethyl adjacent to an activating group) is 1. The van der Waals surface area contributed by atoms with Gasteiger partial charge in [-0.1, -0.05) is 30.1 Å². The van der Waals surface area contributed by atoms with E-state index in [4.69, 9.17) is 33.2 Å². The topological polar surface area (TPSA) is 64.5 Å². The van der Waals surface area contributed by atoms with Gasteiger partial charge in [-0.2, -0.15) is 0 Å². The first-order chi connectivity index (χ1) is 17.3. The van der Waals surface area contributed by atoms with E-state index >= 15 is 0 Å². The summed E-state index contributed by atoms with van der Waals surface area (Å²) in [6, 6.07) is 11.8. The molecular weight excluding hydrogens is 493 g/mol. The van der Waals surface area contributed by atoms with Gasteiger partial charge in [0.25, 0.3) is 0 Å². The van der Waals surface area contributed by atoms with Gasteiger partial charge in [-0.05, 0) is 79.0 Å². The van der Waals surface area contributed by atoms with Crippen molar-refractivity contribution in [1.29, 1.82) is 0 Å². The molecular formula is C28H29Cl2N5O. The number of aromatic nitrogens is 2. The minimum Gasteiger partial charge on any atom is -0.505 e. The highest BCUT2D eigenvalue weighted by Crippen LogP contribution is 2.40. The van der Waals surface area contributed by atoms with Gasteiger partial charge in [-0.3, -0.25) is 4.98 Å². The maximum absolute atomic E-state index is 10.0. The summed E-state index contributed by atoms with van der Waals surface area (Å²) in [5, 5.41) is 15.1. The Bertz CT molecular complexity index is 1390. The van der Waals surface area contributed by atoms with Gasteiger partial charge in [0, 0.05) is 37.8 Å². The average molecular weight is 522 g/mol. The number of aryl methyl sites for hydroxylation is 2. The van der Waals surface area contributed by atoms with Crippen LogP contribution in [0.4, 0.5) is 17.2 Å². The Morgan fingerprint density at radius 2 is 1.69 bits per heavy atom. The average Bonchev–Trinajstić information content (AvgIpc) is 2.88. The number of hydrogen-bond acceptors (Lipinski definition) is 6. The lowest BCUT2D eigenvalue weighted by molar-refractivity contribution is 0.312. The summed E-state index contributed by atoms with van der Waals surface area (Å²) >= 11 is 12.5. The molecule has 1 aliphatic rings. The molecule has 0 radical (unpaired) electrons. The van der Waals surface area contributed by atoms with E-state index in [2.05, 4.69) is 53.4 Å². The van der Waals surface area contributed by atoms with Gasteiger partial charge in [-0.25, -0.2) is 4.98 Å². The first kappa shape index (κ1) is 24.6. The van der Waals surface area contributed by atoms with E-state index in [1.54, 1.807) is 12.1 Å². The van der Waals surface area contributed by atoms with E-state index < -0.39 is 0 Å². The number of nitrogens with zero attached hydrogens (tertiary/aromatic N) is 4. The molecule has 0 bridgehead atoms. The first-order valence-corrected chi connectivity index (χ1v) is 12.9. The van der Waals surface area contributed by atoms with Crippen LogP contribution in [0.2, 0.25) is 10.0 Å². The van der Waals surface area contributed by atoms with Gasteiger partial charge in [-0.15, -0.1) is 0 Å². The Labute approximate surface area is 221 Å². The smallest absolute Gasteiger partial charge is 0.152 e. The second kappa shape index (κ2) is 10.1. The molecule has 0 spiro atoms. The third kappa shape index (κ3) is 4.81. The molecule has 2 aromatic carbocycles. The summed E-state index contributed by atoms with van der Waals surface area (Å²) in [4.78, 5) is 14.1. The van der Waals surface area contributed by atoms with Crippen LogP contribution in [0.5, 0.6) is 5.75 Å². The molecule has 0 saturated carbocycles. The van der Waals surface area contributed by atoms with E-state index in [1.165, 1.54) is 0 Å². The van der Waals surface area contributed by atoms with Crippen LogP contribution in [0.15, 0.2) is 48.8 Å². The zero-order valence-electron chi connectivity index (χ0n) is 20.6. The van der Waals surface area contributed by atoms with Crippen LogP contribution in [-0.4, -0.2) is 53.2 Å². The van der Waals surface area contributed by atoms with Crippen molar-refractivity contribution in [3.05, 3.63) is 70.0 Å². The van der Waals surface area contributed by atoms with Gasteiger partial charge in [0.1, 0.15) is 5.82 Å². The summed E-state index contributed by atoms with van der Waals surface area (Å²) in [5.74, 6) is 0.897.